The van der Waals surface area contributed by atoms with Crippen molar-refractivity contribution in [3.63, 3.8) is 0 Å². The minimum Gasteiger partial charge on any atom is -0.464 e. The normalized spacial score (nSPS) is 25.7. The molecule has 2 aromatic heterocycles. The van der Waals surface area contributed by atoms with Crippen molar-refractivity contribution in [2.24, 2.45) is 5.92 Å². The Morgan fingerprint density at radius 1 is 1.23 bits per heavy atom. The van der Waals surface area contributed by atoms with Gasteiger partial charge in [0.15, 0.2) is 5.82 Å². The van der Waals surface area contributed by atoms with Crippen molar-refractivity contribution in [2.45, 2.75) is 70.0 Å². The molecule has 0 aliphatic carbocycles. The molecule has 6 atom stereocenters. The maximum Gasteiger partial charge on any atom is 0.459 e. The number of esters is 1. The van der Waals surface area contributed by atoms with Gasteiger partial charge in [0.05, 0.1) is 18.9 Å². The van der Waals surface area contributed by atoms with Gasteiger partial charge in [-0.05, 0) is 44.0 Å². The van der Waals surface area contributed by atoms with Gasteiger partial charge in [-0.3, -0.25) is 9.32 Å². The molecule has 0 bridgehead atoms. The number of carbonyl (C=O) groups excluding carboxylic acids is 1. The van der Waals surface area contributed by atoms with Crippen LogP contribution in [0, 0.1) is 17.2 Å². The minimum absolute atomic E-state index is 0.0880. The predicted molar refractivity (Wildman–Crippen MR) is 154 cm³/mol. The number of anilines is 1. The Balaban J connectivity index is 1.58. The Bertz CT molecular complexity index is 1510. The van der Waals surface area contributed by atoms with Crippen molar-refractivity contribution in [1.29, 1.82) is 5.26 Å². The number of rotatable bonds is 13. The molecule has 1 fully saturated rings. The van der Waals surface area contributed by atoms with E-state index >= 15 is 0 Å². The Morgan fingerprint density at radius 2 is 1.93 bits per heavy atom. The van der Waals surface area contributed by atoms with Crippen LogP contribution in [0.25, 0.3) is 5.52 Å². The van der Waals surface area contributed by atoms with E-state index in [1.54, 1.807) is 36.4 Å². The molecule has 0 amide bonds. The van der Waals surface area contributed by atoms with E-state index in [9.17, 15) is 24.8 Å². The third-order valence-electron chi connectivity index (χ3n) is 7.58. The van der Waals surface area contributed by atoms with Crippen molar-refractivity contribution in [3.8, 4) is 11.8 Å². The molecule has 15 heteroatoms. The first-order valence-corrected chi connectivity index (χ1v) is 15.5. The van der Waals surface area contributed by atoms with Crippen molar-refractivity contribution in [2.75, 3.05) is 18.9 Å². The molecule has 14 nitrogen and oxygen atoms in total. The molecule has 1 aromatic carbocycles. The molecule has 5 N–H and O–H groups in total. The number of nitriles is 1. The largest absolute Gasteiger partial charge is 0.464 e. The Hall–Kier alpha value is -3.57. The van der Waals surface area contributed by atoms with E-state index in [4.69, 9.17) is 24.3 Å². The molecular weight excluding hydrogens is 579 g/mol. The first kappa shape index (κ1) is 32.3. The number of fused-ring (bicyclic) bond motifs is 1. The zero-order valence-electron chi connectivity index (χ0n) is 24.4. The van der Waals surface area contributed by atoms with Crippen LogP contribution in [0.3, 0.4) is 0 Å². The van der Waals surface area contributed by atoms with E-state index in [1.807, 2.05) is 19.9 Å². The van der Waals surface area contributed by atoms with Crippen molar-refractivity contribution >= 4 is 25.1 Å². The molecule has 43 heavy (non-hydrogen) atoms. The lowest BCUT2D eigenvalue weighted by Crippen LogP contribution is -2.45. The molecule has 232 valence electrons. The molecule has 4 rings (SSSR count). The van der Waals surface area contributed by atoms with Crippen LogP contribution in [0.4, 0.5) is 5.82 Å². The lowest BCUT2D eigenvalue weighted by Gasteiger charge is -2.31. The number of nitrogens with one attached hydrogen (secondary N) is 1. The Morgan fingerprint density at radius 3 is 2.58 bits per heavy atom. The SMILES string of the molecule is CCC(CC)COC(=O)[C@H](C)N[P@](=O)(OCC1(C)O[C@@](C#N)(c2ccc3c(N)ncnn23)[C@H](O)[C@@H]1O)Oc1ccccc1. The molecule has 1 aliphatic rings. The second-order valence-electron chi connectivity index (χ2n) is 10.7. The number of nitrogens with zero attached hydrogens (tertiary/aromatic N) is 4. The fourth-order valence-corrected chi connectivity index (χ4v) is 6.39. The smallest absolute Gasteiger partial charge is 0.459 e. The van der Waals surface area contributed by atoms with Gasteiger partial charge in [0.2, 0.25) is 5.60 Å². The van der Waals surface area contributed by atoms with Crippen LogP contribution in [0.15, 0.2) is 48.8 Å². The van der Waals surface area contributed by atoms with E-state index in [0.717, 1.165) is 12.8 Å². The monoisotopic (exact) mass is 616 g/mol. The summed E-state index contributed by atoms with van der Waals surface area (Å²) in [7, 11) is -4.36. The molecule has 3 heterocycles. The third kappa shape index (κ3) is 6.52. The molecule has 0 spiro atoms. The summed E-state index contributed by atoms with van der Waals surface area (Å²) in [6, 6.07) is 12.0. The maximum atomic E-state index is 14.0. The number of aliphatic hydroxyl groups is 2. The van der Waals surface area contributed by atoms with Crippen LogP contribution >= 0.6 is 7.75 Å². The van der Waals surface area contributed by atoms with E-state index < -0.39 is 49.8 Å². The molecule has 3 aromatic rings. The minimum atomic E-state index is -4.36. The van der Waals surface area contributed by atoms with Gasteiger partial charge >= 0.3 is 13.7 Å². The summed E-state index contributed by atoms with van der Waals surface area (Å²) in [5.74, 6) is -0.160. The predicted octanol–water partition coefficient (Wildman–Crippen LogP) is 2.70. The van der Waals surface area contributed by atoms with Gasteiger partial charge < -0.3 is 29.9 Å². The van der Waals surface area contributed by atoms with E-state index in [1.165, 1.54) is 30.8 Å². The second kappa shape index (κ2) is 13.0. The summed E-state index contributed by atoms with van der Waals surface area (Å²) in [5.41, 5.74) is 2.47. The van der Waals surface area contributed by atoms with Gasteiger partial charge in [-0.1, -0.05) is 44.9 Å². The van der Waals surface area contributed by atoms with Gasteiger partial charge in [0, 0.05) is 0 Å². The maximum absolute atomic E-state index is 14.0. The quantitative estimate of drug-likeness (QED) is 0.161. The number of carbonyl (C=O) groups is 1. The average molecular weight is 617 g/mol. The molecule has 1 unspecified atom stereocenters. The summed E-state index contributed by atoms with van der Waals surface area (Å²) in [6.07, 6.45) is -0.621. The number of aliphatic hydroxyl groups excluding tert-OH is 2. The third-order valence-corrected chi connectivity index (χ3v) is 9.20. The summed E-state index contributed by atoms with van der Waals surface area (Å²) >= 11 is 0. The molecule has 0 radical (unpaired) electrons. The fourth-order valence-electron chi connectivity index (χ4n) is 4.81. The van der Waals surface area contributed by atoms with Gasteiger partial charge in [0.25, 0.3) is 0 Å². The van der Waals surface area contributed by atoms with E-state index in [0.29, 0.717) is 5.52 Å². The highest BCUT2D eigenvalue weighted by atomic mass is 31.2. The van der Waals surface area contributed by atoms with Gasteiger partial charge in [-0.2, -0.15) is 15.4 Å². The van der Waals surface area contributed by atoms with Crippen molar-refractivity contribution in [1.82, 2.24) is 19.7 Å². The second-order valence-corrected chi connectivity index (χ2v) is 12.3. The molecule has 1 saturated heterocycles. The Kier molecular flexibility index (Phi) is 9.76. The number of para-hydroxylation sites is 1. The number of hydrogen-bond acceptors (Lipinski definition) is 12. The number of nitrogens with two attached hydrogens (primary N) is 1. The van der Waals surface area contributed by atoms with Crippen LogP contribution in [0.1, 0.15) is 46.2 Å². The standard InChI is InChI=1S/C28H37N6O8P/c1-5-19(6-2)14-39-26(37)18(3)33-43(38,41-20-10-8-7-9-11-20)40-16-27(4)23(35)24(36)28(15-29,42-27)22-13-12-21-25(30)31-17-32-34(21)22/h7-13,17-19,23-24,35-36H,5-6,14,16H2,1-4H3,(H,33,38)(H2,30,31,32)/t18-,23-,24+,27?,28-,43-/m0/s1. The van der Waals surface area contributed by atoms with Gasteiger partial charge in [-0.15, -0.1) is 0 Å². The number of hydrogen-bond donors (Lipinski definition) is 4. The van der Waals surface area contributed by atoms with E-state index in [2.05, 4.69) is 15.2 Å². The topological polar surface area (TPSA) is 204 Å². The lowest BCUT2D eigenvalue weighted by atomic mass is 9.90. The first-order chi connectivity index (χ1) is 20.4. The number of ether oxygens (including phenoxy) is 2. The summed E-state index contributed by atoms with van der Waals surface area (Å²) in [5, 5.41) is 39.3. The highest BCUT2D eigenvalue weighted by Crippen LogP contribution is 2.50. The fraction of sp³-hybridized carbons (Fsp3) is 0.500. The van der Waals surface area contributed by atoms with Crippen LogP contribution in [-0.2, 0) is 29.0 Å². The molecule has 1 aliphatic heterocycles. The lowest BCUT2D eigenvalue weighted by molar-refractivity contribution is -0.146. The molecule has 0 saturated carbocycles. The van der Waals surface area contributed by atoms with Crippen molar-refractivity contribution in [3.05, 3.63) is 54.5 Å². The summed E-state index contributed by atoms with van der Waals surface area (Å²) in [6.45, 7) is 6.43. The first-order valence-electron chi connectivity index (χ1n) is 13.9. The Labute approximate surface area is 249 Å². The zero-order chi connectivity index (χ0) is 31.4. The van der Waals surface area contributed by atoms with Crippen LogP contribution in [0.2, 0.25) is 0 Å². The summed E-state index contributed by atoms with van der Waals surface area (Å²) < 4.78 is 38.3. The number of nitrogen functional groups attached to an aromatic ring is 1. The highest BCUT2D eigenvalue weighted by molar-refractivity contribution is 7.52. The van der Waals surface area contributed by atoms with Crippen LogP contribution in [-0.4, -0.2) is 67.8 Å². The number of aromatic nitrogens is 3. The van der Waals surface area contributed by atoms with Crippen molar-refractivity contribution < 1.29 is 38.1 Å². The molecular formula is C28H37N6O8P. The summed E-state index contributed by atoms with van der Waals surface area (Å²) in [4.78, 5) is 16.7. The average Bonchev–Trinajstić information content (AvgIpc) is 3.52. The van der Waals surface area contributed by atoms with Gasteiger partial charge in [0.1, 0.15) is 47.5 Å². The zero-order valence-corrected chi connectivity index (χ0v) is 25.3. The van der Waals surface area contributed by atoms with Gasteiger partial charge in [-0.25, -0.2) is 14.1 Å². The van der Waals surface area contributed by atoms with E-state index in [-0.39, 0.29) is 29.8 Å². The van der Waals surface area contributed by atoms with Crippen LogP contribution < -0.4 is 15.3 Å². The number of benzene rings is 1. The highest BCUT2D eigenvalue weighted by Gasteiger charge is 2.63. The van der Waals surface area contributed by atoms with Crippen LogP contribution in [0.5, 0.6) is 5.75 Å².